The van der Waals surface area contributed by atoms with Crippen LogP contribution in [0.2, 0.25) is 0 Å². The van der Waals surface area contributed by atoms with Crippen LogP contribution in [0.25, 0.3) is 0 Å². The van der Waals surface area contributed by atoms with Crippen molar-refractivity contribution < 1.29 is 4.79 Å². The van der Waals surface area contributed by atoms with Crippen LogP contribution in [0.5, 0.6) is 0 Å². The summed E-state index contributed by atoms with van der Waals surface area (Å²) in [6.45, 7) is 3.14. The first kappa shape index (κ1) is 10.0. The summed E-state index contributed by atoms with van der Waals surface area (Å²) >= 11 is 2.36. The lowest BCUT2D eigenvalue weighted by Gasteiger charge is -2.13. The summed E-state index contributed by atoms with van der Waals surface area (Å²) in [7, 11) is 0. The number of primary amides is 1. The van der Waals surface area contributed by atoms with Gasteiger partial charge in [-0.2, -0.15) is 0 Å². The van der Waals surface area contributed by atoms with Crippen molar-refractivity contribution in [3.8, 4) is 0 Å². The topological polar surface area (TPSA) is 58.4 Å². The zero-order valence-corrected chi connectivity index (χ0v) is 9.08. The third-order valence-electron chi connectivity index (χ3n) is 2.02. The number of carbonyl (C=O) groups is 1. The molecule has 3 N–H and O–H groups in total. The highest BCUT2D eigenvalue weighted by Gasteiger charge is 2.21. The van der Waals surface area contributed by atoms with Gasteiger partial charge in [0.1, 0.15) is 0 Å². The van der Waals surface area contributed by atoms with Gasteiger partial charge in [-0.25, -0.2) is 4.79 Å². The summed E-state index contributed by atoms with van der Waals surface area (Å²) in [6, 6.07) is -0.137. The summed E-state index contributed by atoms with van der Waals surface area (Å²) < 4.78 is 1.14. The van der Waals surface area contributed by atoms with Crippen LogP contribution in [0.15, 0.2) is 0 Å². The van der Waals surface area contributed by atoms with Gasteiger partial charge in [0.2, 0.25) is 0 Å². The van der Waals surface area contributed by atoms with Gasteiger partial charge < -0.3 is 16.0 Å². The van der Waals surface area contributed by atoms with Crippen LogP contribution in [0, 0.1) is 0 Å². The van der Waals surface area contributed by atoms with E-state index in [0.717, 1.165) is 30.5 Å². The molecule has 1 aliphatic rings. The molecular weight excluding hydrogens is 269 g/mol. The molecular formula is C7H14IN3O. The highest BCUT2D eigenvalue weighted by Crippen LogP contribution is 2.08. The lowest BCUT2D eigenvalue weighted by Crippen LogP contribution is -2.40. The first-order valence-electron chi connectivity index (χ1n) is 4.06. The van der Waals surface area contributed by atoms with Crippen LogP contribution >= 0.6 is 22.6 Å². The van der Waals surface area contributed by atoms with E-state index in [1.807, 2.05) is 0 Å². The van der Waals surface area contributed by atoms with Gasteiger partial charge in [-0.15, -0.1) is 0 Å². The van der Waals surface area contributed by atoms with E-state index < -0.39 is 6.03 Å². The van der Waals surface area contributed by atoms with E-state index in [9.17, 15) is 4.79 Å². The van der Waals surface area contributed by atoms with E-state index in [-0.39, 0.29) is 6.04 Å². The number of alkyl halides is 1. The van der Waals surface area contributed by atoms with Crippen molar-refractivity contribution in [2.75, 3.05) is 24.1 Å². The van der Waals surface area contributed by atoms with Crippen molar-refractivity contribution in [2.24, 2.45) is 5.73 Å². The fraction of sp³-hybridized carbons (Fsp3) is 0.857. The van der Waals surface area contributed by atoms with E-state index in [2.05, 4.69) is 32.8 Å². The van der Waals surface area contributed by atoms with Crippen LogP contribution in [-0.2, 0) is 0 Å². The zero-order valence-electron chi connectivity index (χ0n) is 6.92. The maximum absolute atomic E-state index is 10.5. The van der Waals surface area contributed by atoms with Gasteiger partial charge in [-0.05, 0) is 6.42 Å². The van der Waals surface area contributed by atoms with Gasteiger partial charge >= 0.3 is 6.03 Å². The summed E-state index contributed by atoms with van der Waals surface area (Å²) in [6.07, 6.45) is 1.03. The lowest BCUT2D eigenvalue weighted by atomic mass is 10.3. The van der Waals surface area contributed by atoms with Crippen molar-refractivity contribution in [1.82, 2.24) is 10.2 Å². The standard InChI is InChI=1S/C7H14IN3O/c8-2-4-11-3-1-6(5-11)10-7(9)12/h6H,1-5H2,(H3,9,10,12). The van der Waals surface area contributed by atoms with E-state index in [1.54, 1.807) is 0 Å². The SMILES string of the molecule is NC(=O)NC1CCN(CCI)C1. The number of nitrogens with zero attached hydrogens (tertiary/aromatic N) is 1. The molecule has 1 aliphatic heterocycles. The molecule has 0 spiro atoms. The fourth-order valence-corrected chi connectivity index (χ4v) is 2.16. The molecule has 0 radical (unpaired) electrons. The number of nitrogens with two attached hydrogens (primary N) is 1. The molecule has 0 bridgehead atoms. The first-order chi connectivity index (χ1) is 5.72. The van der Waals surface area contributed by atoms with E-state index in [1.165, 1.54) is 0 Å². The molecule has 0 saturated carbocycles. The highest BCUT2D eigenvalue weighted by molar-refractivity contribution is 14.1. The molecule has 5 heteroatoms. The Balaban J connectivity index is 2.21. The van der Waals surface area contributed by atoms with Crippen LogP contribution in [0.4, 0.5) is 4.79 Å². The Labute approximate surface area is 86.0 Å². The van der Waals surface area contributed by atoms with Gasteiger partial charge in [-0.1, -0.05) is 22.6 Å². The molecule has 4 nitrogen and oxygen atoms in total. The lowest BCUT2D eigenvalue weighted by molar-refractivity contribution is 0.244. The molecule has 1 rings (SSSR count). The minimum atomic E-state index is -0.406. The number of carbonyl (C=O) groups excluding carboxylic acids is 1. The van der Waals surface area contributed by atoms with Gasteiger partial charge in [0.15, 0.2) is 0 Å². The second kappa shape index (κ2) is 4.86. The van der Waals surface area contributed by atoms with Gasteiger partial charge in [-0.3, -0.25) is 0 Å². The number of rotatable bonds is 3. The molecule has 1 saturated heterocycles. The molecule has 1 fully saturated rings. The summed E-state index contributed by atoms with van der Waals surface area (Å²) in [5.41, 5.74) is 5.02. The monoisotopic (exact) mass is 283 g/mol. The van der Waals surface area contributed by atoms with Crippen LogP contribution in [-0.4, -0.2) is 41.0 Å². The zero-order chi connectivity index (χ0) is 8.97. The largest absolute Gasteiger partial charge is 0.352 e. The molecule has 2 amide bonds. The normalized spacial score (nSPS) is 24.2. The molecule has 70 valence electrons. The van der Waals surface area contributed by atoms with E-state index >= 15 is 0 Å². The molecule has 1 unspecified atom stereocenters. The van der Waals surface area contributed by atoms with Crippen LogP contribution < -0.4 is 11.1 Å². The van der Waals surface area contributed by atoms with Crippen LogP contribution in [0.3, 0.4) is 0 Å². The molecule has 0 aromatic carbocycles. The third kappa shape index (κ3) is 3.14. The Bertz CT molecular complexity index is 165. The molecule has 1 atom stereocenters. The fourth-order valence-electron chi connectivity index (χ4n) is 1.47. The van der Waals surface area contributed by atoms with Crippen LogP contribution in [0.1, 0.15) is 6.42 Å². The Morgan fingerprint density at radius 2 is 2.50 bits per heavy atom. The summed E-state index contributed by atoms with van der Waals surface area (Å²) in [5, 5.41) is 2.72. The Morgan fingerprint density at radius 1 is 1.75 bits per heavy atom. The molecule has 12 heavy (non-hydrogen) atoms. The van der Waals surface area contributed by atoms with E-state index in [0.29, 0.717) is 0 Å². The number of likely N-dealkylation sites (tertiary alicyclic amines) is 1. The smallest absolute Gasteiger partial charge is 0.312 e. The van der Waals surface area contributed by atoms with Gasteiger partial charge in [0.25, 0.3) is 0 Å². The first-order valence-corrected chi connectivity index (χ1v) is 5.59. The number of hydrogen-bond acceptors (Lipinski definition) is 2. The Morgan fingerprint density at radius 3 is 3.08 bits per heavy atom. The van der Waals surface area contributed by atoms with Crippen molar-refractivity contribution in [3.63, 3.8) is 0 Å². The number of halogens is 1. The maximum Gasteiger partial charge on any atom is 0.312 e. The van der Waals surface area contributed by atoms with Crippen molar-refractivity contribution in [3.05, 3.63) is 0 Å². The quantitative estimate of drug-likeness (QED) is 0.573. The Hall–Kier alpha value is -0.0400. The summed E-state index contributed by atoms with van der Waals surface area (Å²) in [5.74, 6) is 0. The van der Waals surface area contributed by atoms with Gasteiger partial charge in [0, 0.05) is 30.1 Å². The second-order valence-corrected chi connectivity index (χ2v) is 4.06. The second-order valence-electron chi connectivity index (χ2n) is 2.98. The van der Waals surface area contributed by atoms with Crippen molar-refractivity contribution >= 4 is 28.6 Å². The number of nitrogens with one attached hydrogen (secondary N) is 1. The molecule has 0 aromatic heterocycles. The number of urea groups is 1. The Kier molecular flexibility index (Phi) is 4.07. The van der Waals surface area contributed by atoms with Gasteiger partial charge in [0.05, 0.1) is 0 Å². The number of amides is 2. The third-order valence-corrected chi connectivity index (χ3v) is 2.50. The maximum atomic E-state index is 10.5. The minimum absolute atomic E-state index is 0.269. The highest BCUT2D eigenvalue weighted by atomic mass is 127. The molecule has 1 heterocycles. The molecule has 0 aromatic rings. The number of hydrogen-bond donors (Lipinski definition) is 2. The molecule has 0 aliphatic carbocycles. The summed E-state index contributed by atoms with van der Waals surface area (Å²) in [4.78, 5) is 12.9. The predicted octanol–water partition coefficient (Wildman–Crippen LogP) is 0.164. The van der Waals surface area contributed by atoms with E-state index in [4.69, 9.17) is 5.73 Å². The van der Waals surface area contributed by atoms with Crippen molar-refractivity contribution in [2.45, 2.75) is 12.5 Å². The minimum Gasteiger partial charge on any atom is -0.352 e. The van der Waals surface area contributed by atoms with Crippen molar-refractivity contribution in [1.29, 1.82) is 0 Å². The average molecular weight is 283 g/mol. The predicted molar refractivity (Wildman–Crippen MR) is 56.5 cm³/mol. The average Bonchev–Trinajstić information content (AvgIpc) is 2.36.